The number of sulfonamides is 2. The quantitative estimate of drug-likeness (QED) is 0.148. The highest BCUT2D eigenvalue weighted by atomic mass is 32.2. The first-order valence-electron chi connectivity index (χ1n) is 14.6. The number of carbonyl (C=O) groups is 1. The summed E-state index contributed by atoms with van der Waals surface area (Å²) in [6.45, 7) is 2.28. The molecular weight excluding hydrogens is 635 g/mol. The van der Waals surface area contributed by atoms with Gasteiger partial charge in [-0.25, -0.2) is 31.3 Å². The molecule has 2 N–H and O–H groups in total. The molecule has 10 nitrogen and oxygen atoms in total. The minimum Gasteiger partial charge on any atom is -0.486 e. The summed E-state index contributed by atoms with van der Waals surface area (Å²) in [5.74, 6) is -0.225. The van der Waals surface area contributed by atoms with Gasteiger partial charge in [-0.15, -0.1) is 11.3 Å². The molecule has 0 bridgehead atoms. The van der Waals surface area contributed by atoms with Crippen LogP contribution in [0.5, 0.6) is 5.75 Å². The molecule has 0 amide bonds. The second-order valence-corrected chi connectivity index (χ2v) is 15.6. The largest absolute Gasteiger partial charge is 0.486 e. The number of ether oxygens (including phenoxy) is 1. The lowest BCUT2D eigenvalue weighted by Gasteiger charge is -2.23. The minimum atomic E-state index is -4.24. The van der Waals surface area contributed by atoms with E-state index in [-0.39, 0.29) is 35.0 Å². The van der Waals surface area contributed by atoms with Crippen molar-refractivity contribution in [2.24, 2.45) is 0 Å². The van der Waals surface area contributed by atoms with Crippen molar-refractivity contribution in [1.29, 1.82) is 0 Å². The van der Waals surface area contributed by atoms with E-state index >= 15 is 0 Å². The van der Waals surface area contributed by atoms with Crippen LogP contribution in [-0.2, 0) is 33.2 Å². The van der Waals surface area contributed by atoms with Crippen molar-refractivity contribution in [3.8, 4) is 5.75 Å². The van der Waals surface area contributed by atoms with Crippen molar-refractivity contribution < 1.29 is 31.5 Å². The zero-order valence-corrected chi connectivity index (χ0v) is 27.2. The van der Waals surface area contributed by atoms with Crippen LogP contribution >= 0.6 is 11.3 Å². The van der Waals surface area contributed by atoms with Gasteiger partial charge in [0, 0.05) is 30.9 Å². The number of aryl methyl sites for hydroxylation is 1. The smallest absolute Gasteiger partial charge is 0.337 e. The first kappa shape index (κ1) is 32.8. The molecule has 45 heavy (non-hydrogen) atoms. The molecule has 238 valence electrons. The van der Waals surface area contributed by atoms with Crippen molar-refractivity contribution in [3.63, 3.8) is 0 Å². The predicted molar refractivity (Wildman–Crippen MR) is 171 cm³/mol. The van der Waals surface area contributed by atoms with E-state index in [2.05, 4.69) is 15.1 Å². The van der Waals surface area contributed by atoms with Crippen LogP contribution in [-0.4, -0.2) is 50.3 Å². The zero-order valence-electron chi connectivity index (χ0n) is 24.8. The normalized spacial score (nSPS) is 13.6. The molecule has 1 saturated carbocycles. The number of hydrogen-bond donors (Lipinski definition) is 2. The van der Waals surface area contributed by atoms with Crippen molar-refractivity contribution in [2.45, 2.75) is 61.5 Å². The monoisotopic (exact) mass is 669 g/mol. The molecule has 1 aliphatic carbocycles. The molecule has 1 heterocycles. The first-order chi connectivity index (χ1) is 21.5. The number of benzene rings is 3. The Labute approximate surface area is 267 Å². The molecule has 0 saturated heterocycles. The van der Waals surface area contributed by atoms with E-state index < -0.39 is 26.0 Å². The van der Waals surface area contributed by atoms with Gasteiger partial charge >= 0.3 is 5.97 Å². The molecule has 0 aliphatic heterocycles. The van der Waals surface area contributed by atoms with Gasteiger partial charge in [0.25, 0.3) is 0 Å². The van der Waals surface area contributed by atoms with E-state index in [1.165, 1.54) is 53.5 Å². The fourth-order valence-corrected chi connectivity index (χ4v) is 8.26. The summed E-state index contributed by atoms with van der Waals surface area (Å²) in [5, 5.41) is 12.6. The van der Waals surface area contributed by atoms with Crippen LogP contribution < -0.4 is 9.46 Å². The number of hydrogen-bond acceptors (Lipinski definition) is 8. The predicted octanol–water partition coefficient (Wildman–Crippen LogP) is 5.56. The fraction of sp³-hybridized carbons (Fsp3) is 0.312. The van der Waals surface area contributed by atoms with Crippen LogP contribution in [0.15, 0.2) is 88.0 Å². The maximum atomic E-state index is 13.9. The lowest BCUT2D eigenvalue weighted by atomic mass is 10.2. The van der Waals surface area contributed by atoms with Crippen molar-refractivity contribution >= 4 is 37.4 Å². The number of unbranched alkanes of at least 4 members (excludes halogenated alkanes) is 1. The van der Waals surface area contributed by atoms with Crippen LogP contribution in [0.4, 0.5) is 0 Å². The molecule has 1 aliphatic rings. The third-order valence-electron chi connectivity index (χ3n) is 7.38. The van der Waals surface area contributed by atoms with Crippen LogP contribution in [0.25, 0.3) is 0 Å². The number of aromatic nitrogens is 1. The third kappa shape index (κ3) is 8.56. The molecule has 4 aromatic rings. The molecule has 1 aromatic heterocycles. The van der Waals surface area contributed by atoms with E-state index in [1.807, 2.05) is 6.92 Å². The Kier molecular flexibility index (Phi) is 10.3. The number of carboxylic acids is 1. The number of nitrogens with zero attached hydrogens (tertiary/aromatic N) is 2. The highest BCUT2D eigenvalue weighted by Gasteiger charge is 2.29. The van der Waals surface area contributed by atoms with Gasteiger partial charge in [-0.3, -0.25) is 0 Å². The van der Waals surface area contributed by atoms with E-state index in [1.54, 1.807) is 47.7 Å². The van der Waals surface area contributed by atoms with Gasteiger partial charge in [-0.1, -0.05) is 42.0 Å². The maximum absolute atomic E-state index is 13.9. The average molecular weight is 670 g/mol. The standard InChI is InChI=1S/C32H35N3O7S3/c1-23-11-15-27(16-12-23)44(38,39)33-17-4-5-18-35(45(40,41)30-10-3-2-9-28(30)32(36)37)20-24-7-6-8-26(19-24)42-21-31-34-29(22-43-31)25-13-14-25/h2-3,6-12,15-16,19,22,25,33H,4-5,13-14,17-18,20-21H2,1H3,(H,36,37). The van der Waals surface area contributed by atoms with Gasteiger partial charge in [0.05, 0.1) is 21.0 Å². The molecule has 0 radical (unpaired) electrons. The Morgan fingerprint density at radius 2 is 1.78 bits per heavy atom. The lowest BCUT2D eigenvalue weighted by Crippen LogP contribution is -2.33. The van der Waals surface area contributed by atoms with Crippen LogP contribution in [0.2, 0.25) is 0 Å². The van der Waals surface area contributed by atoms with Gasteiger partial charge in [-0.05, 0) is 74.6 Å². The van der Waals surface area contributed by atoms with Crippen LogP contribution in [0, 0.1) is 6.92 Å². The second-order valence-electron chi connectivity index (χ2n) is 10.9. The summed E-state index contributed by atoms with van der Waals surface area (Å²) in [6.07, 6.45) is 3.03. The van der Waals surface area contributed by atoms with E-state index in [4.69, 9.17) is 4.74 Å². The fourth-order valence-electron chi connectivity index (χ4n) is 4.75. The minimum absolute atomic E-state index is 0.0361. The highest BCUT2D eigenvalue weighted by Crippen LogP contribution is 2.40. The number of carboxylic acid groups (broad SMARTS) is 1. The topological polar surface area (TPSA) is 143 Å². The Morgan fingerprint density at radius 1 is 1.02 bits per heavy atom. The van der Waals surface area contributed by atoms with Crippen LogP contribution in [0.1, 0.15) is 63.8 Å². The number of rotatable bonds is 16. The lowest BCUT2D eigenvalue weighted by molar-refractivity contribution is 0.0692. The van der Waals surface area contributed by atoms with Crippen molar-refractivity contribution in [1.82, 2.24) is 14.0 Å². The van der Waals surface area contributed by atoms with Gasteiger partial charge in [-0.2, -0.15) is 4.31 Å². The number of nitrogens with one attached hydrogen (secondary N) is 1. The summed E-state index contributed by atoms with van der Waals surface area (Å²) in [6, 6.07) is 19.1. The number of thiazole rings is 1. The Balaban J connectivity index is 1.28. The molecule has 0 unspecified atom stereocenters. The maximum Gasteiger partial charge on any atom is 0.337 e. The summed E-state index contributed by atoms with van der Waals surface area (Å²) in [4.78, 5) is 16.4. The SMILES string of the molecule is Cc1ccc(S(=O)(=O)NCCCCN(Cc2cccc(OCc3nc(C4CC4)cs3)c2)S(=O)(=O)c2ccccc2C(=O)O)cc1. The highest BCUT2D eigenvalue weighted by molar-refractivity contribution is 7.89. The summed E-state index contributed by atoms with van der Waals surface area (Å²) in [5.41, 5.74) is 2.39. The van der Waals surface area contributed by atoms with E-state index in [0.717, 1.165) is 16.3 Å². The average Bonchev–Trinajstić information content (AvgIpc) is 3.76. The molecule has 13 heteroatoms. The van der Waals surface area contributed by atoms with Gasteiger partial charge in [0.2, 0.25) is 20.0 Å². The Morgan fingerprint density at radius 3 is 2.51 bits per heavy atom. The first-order valence-corrected chi connectivity index (χ1v) is 18.4. The van der Waals surface area contributed by atoms with Crippen molar-refractivity contribution in [2.75, 3.05) is 13.1 Å². The van der Waals surface area contributed by atoms with Crippen molar-refractivity contribution in [3.05, 3.63) is 106 Å². The van der Waals surface area contributed by atoms with Crippen LogP contribution in [0.3, 0.4) is 0 Å². The Hall–Kier alpha value is -3.62. The van der Waals surface area contributed by atoms with Gasteiger partial charge < -0.3 is 9.84 Å². The van der Waals surface area contributed by atoms with E-state index in [9.17, 15) is 26.7 Å². The molecule has 5 rings (SSSR count). The second kappa shape index (κ2) is 14.2. The molecule has 0 atom stereocenters. The molecule has 0 spiro atoms. The third-order valence-corrected chi connectivity index (χ3v) is 11.6. The summed E-state index contributed by atoms with van der Waals surface area (Å²) < 4.78 is 62.8. The molecule has 3 aromatic carbocycles. The molecular formula is C32H35N3O7S3. The number of aromatic carboxylic acids is 1. The Bertz CT molecular complexity index is 1850. The summed E-state index contributed by atoms with van der Waals surface area (Å²) >= 11 is 1.56. The summed E-state index contributed by atoms with van der Waals surface area (Å²) in [7, 11) is -7.95. The van der Waals surface area contributed by atoms with Gasteiger partial charge in [0.1, 0.15) is 17.4 Å². The van der Waals surface area contributed by atoms with E-state index in [0.29, 0.717) is 36.7 Å². The van der Waals surface area contributed by atoms with Gasteiger partial charge in [0.15, 0.2) is 0 Å². The molecule has 1 fully saturated rings. The zero-order chi connectivity index (χ0) is 32.0.